The number of hydrogen-bond donors (Lipinski definition) is 3. The molecule has 1 amide bonds. The Kier molecular flexibility index (Phi) is 3.06. The number of amides is 1. The number of rotatable bonds is 1. The quantitative estimate of drug-likeness (QED) is 0.551. The van der Waals surface area contributed by atoms with E-state index in [0.29, 0.717) is 0 Å². The van der Waals surface area contributed by atoms with Gasteiger partial charge in [0.2, 0.25) is 0 Å². The molecule has 0 spiro atoms. The van der Waals surface area contributed by atoms with E-state index in [1.54, 1.807) is 5.48 Å². The zero-order valence-corrected chi connectivity index (χ0v) is 7.72. The number of aromatic hydroxyl groups is 2. The third-order valence-electron chi connectivity index (χ3n) is 1.36. The van der Waals surface area contributed by atoms with Gasteiger partial charge in [0.25, 0.3) is 0 Å². The zero-order valence-electron chi connectivity index (χ0n) is 7.72. The lowest BCUT2D eigenvalue weighted by atomic mass is 10.3. The Balaban J connectivity index is 2.78. The van der Waals surface area contributed by atoms with Crippen LogP contribution in [-0.2, 0) is 9.63 Å². The smallest absolute Gasteiger partial charge is 0.329 e. The van der Waals surface area contributed by atoms with E-state index in [1.807, 2.05) is 0 Å². The highest BCUT2D eigenvalue weighted by Crippen LogP contribution is 2.19. The van der Waals surface area contributed by atoms with Crippen LogP contribution in [0.4, 0.5) is 0 Å². The van der Waals surface area contributed by atoms with Gasteiger partial charge in [0.1, 0.15) is 5.75 Å². The van der Waals surface area contributed by atoms with Crippen molar-refractivity contribution in [2.24, 2.45) is 0 Å². The normalized spacial score (nSPS) is 9.40. The van der Waals surface area contributed by atoms with Crippen molar-refractivity contribution in [3.8, 4) is 11.5 Å². The molecule has 0 bridgehead atoms. The van der Waals surface area contributed by atoms with Crippen molar-refractivity contribution in [1.29, 1.82) is 0 Å². The Hall–Kier alpha value is -2.31. The first-order valence-corrected chi connectivity index (χ1v) is 3.86. The molecule has 7 heteroatoms. The van der Waals surface area contributed by atoms with Crippen LogP contribution in [0.1, 0.15) is 17.4 Å². The summed E-state index contributed by atoms with van der Waals surface area (Å²) in [6.45, 7) is 1.10. The van der Waals surface area contributed by atoms with E-state index in [1.165, 1.54) is 0 Å². The minimum absolute atomic E-state index is 0.281. The summed E-state index contributed by atoms with van der Waals surface area (Å²) in [6.07, 6.45) is 0.975. The molecule has 1 heterocycles. The summed E-state index contributed by atoms with van der Waals surface area (Å²) in [4.78, 5) is 29.2. The van der Waals surface area contributed by atoms with Crippen molar-refractivity contribution in [1.82, 2.24) is 10.5 Å². The Morgan fingerprint density at radius 1 is 1.47 bits per heavy atom. The van der Waals surface area contributed by atoms with Gasteiger partial charge < -0.3 is 15.1 Å². The maximum atomic E-state index is 11.2. The van der Waals surface area contributed by atoms with Crippen LogP contribution in [-0.4, -0.2) is 27.1 Å². The largest absolute Gasteiger partial charge is 0.506 e. The third kappa shape index (κ3) is 2.83. The van der Waals surface area contributed by atoms with E-state index in [9.17, 15) is 14.7 Å². The average Bonchev–Trinajstić information content (AvgIpc) is 2.14. The van der Waals surface area contributed by atoms with Gasteiger partial charge in [-0.1, -0.05) is 0 Å². The Morgan fingerprint density at radius 3 is 2.67 bits per heavy atom. The molecule has 15 heavy (non-hydrogen) atoms. The molecule has 0 aliphatic rings. The van der Waals surface area contributed by atoms with Gasteiger partial charge in [0, 0.05) is 13.0 Å². The summed E-state index contributed by atoms with van der Waals surface area (Å²) < 4.78 is 0. The SMILES string of the molecule is CC(=O)ONC(=O)c1ncc(O)cc1O. The van der Waals surface area contributed by atoms with E-state index in [2.05, 4.69) is 9.82 Å². The average molecular weight is 212 g/mol. The summed E-state index contributed by atoms with van der Waals surface area (Å²) in [5.74, 6) is -2.39. The highest BCUT2D eigenvalue weighted by molar-refractivity contribution is 5.94. The molecule has 0 radical (unpaired) electrons. The van der Waals surface area contributed by atoms with Gasteiger partial charge in [-0.2, -0.15) is 5.48 Å². The van der Waals surface area contributed by atoms with Gasteiger partial charge >= 0.3 is 11.9 Å². The van der Waals surface area contributed by atoms with Crippen LogP contribution >= 0.6 is 0 Å². The lowest BCUT2D eigenvalue weighted by molar-refractivity contribution is -0.146. The molecule has 80 valence electrons. The number of pyridine rings is 1. The minimum atomic E-state index is -0.886. The van der Waals surface area contributed by atoms with Crippen molar-refractivity contribution in [2.75, 3.05) is 0 Å². The minimum Gasteiger partial charge on any atom is -0.506 e. The maximum Gasteiger partial charge on any atom is 0.329 e. The number of hydroxylamine groups is 1. The summed E-state index contributed by atoms with van der Waals surface area (Å²) in [7, 11) is 0. The monoisotopic (exact) mass is 212 g/mol. The van der Waals surface area contributed by atoms with Crippen LogP contribution in [0.25, 0.3) is 0 Å². The molecule has 7 nitrogen and oxygen atoms in total. The number of nitrogens with zero attached hydrogens (tertiary/aromatic N) is 1. The number of carbonyl (C=O) groups is 2. The molecule has 3 N–H and O–H groups in total. The van der Waals surface area contributed by atoms with Crippen LogP contribution in [0.3, 0.4) is 0 Å². The van der Waals surface area contributed by atoms with Gasteiger partial charge in [-0.05, 0) is 0 Å². The second-order valence-electron chi connectivity index (χ2n) is 2.59. The number of nitrogens with one attached hydrogen (secondary N) is 1. The van der Waals surface area contributed by atoms with Gasteiger partial charge in [0.05, 0.1) is 6.20 Å². The van der Waals surface area contributed by atoms with Crippen LogP contribution in [0, 0.1) is 0 Å². The highest BCUT2D eigenvalue weighted by Gasteiger charge is 2.14. The molecule has 0 saturated carbocycles. The molecule has 1 rings (SSSR count). The molecule has 0 unspecified atom stereocenters. The van der Waals surface area contributed by atoms with E-state index in [-0.39, 0.29) is 11.4 Å². The lowest BCUT2D eigenvalue weighted by Crippen LogP contribution is -2.26. The fourth-order valence-electron chi connectivity index (χ4n) is 0.784. The van der Waals surface area contributed by atoms with Crippen LogP contribution in [0.2, 0.25) is 0 Å². The van der Waals surface area contributed by atoms with Crippen LogP contribution in [0.5, 0.6) is 11.5 Å². The Bertz CT molecular complexity index is 404. The van der Waals surface area contributed by atoms with E-state index in [0.717, 1.165) is 19.2 Å². The standard InChI is InChI=1S/C8H8N2O5/c1-4(11)15-10-8(14)7-6(13)2-5(12)3-9-7/h2-3,12-13H,1H3,(H,10,14). The summed E-state index contributed by atoms with van der Waals surface area (Å²) in [5, 5.41) is 18.1. The summed E-state index contributed by atoms with van der Waals surface area (Å²) >= 11 is 0. The second-order valence-corrected chi connectivity index (χ2v) is 2.59. The Morgan fingerprint density at radius 2 is 2.13 bits per heavy atom. The van der Waals surface area contributed by atoms with Gasteiger partial charge in [-0.3, -0.25) is 9.59 Å². The molecule has 0 atom stereocenters. The van der Waals surface area contributed by atoms with Gasteiger partial charge in [-0.25, -0.2) is 4.98 Å². The van der Waals surface area contributed by atoms with E-state index < -0.39 is 17.6 Å². The second kappa shape index (κ2) is 4.27. The van der Waals surface area contributed by atoms with E-state index >= 15 is 0 Å². The first kappa shape index (κ1) is 10.8. The van der Waals surface area contributed by atoms with Crippen LogP contribution in [0.15, 0.2) is 12.3 Å². The molecule has 0 aliphatic carbocycles. The molecule has 0 aromatic carbocycles. The fourth-order valence-corrected chi connectivity index (χ4v) is 0.784. The van der Waals surface area contributed by atoms with Crippen molar-refractivity contribution in [3.63, 3.8) is 0 Å². The summed E-state index contributed by atoms with van der Waals surface area (Å²) in [5.41, 5.74) is 1.41. The fraction of sp³-hybridized carbons (Fsp3) is 0.125. The zero-order chi connectivity index (χ0) is 11.4. The molecular weight excluding hydrogens is 204 g/mol. The predicted octanol–water partition coefficient (Wildman–Crippen LogP) is -0.299. The van der Waals surface area contributed by atoms with Crippen molar-refractivity contribution >= 4 is 11.9 Å². The molecule has 0 fully saturated rings. The molecule has 1 aromatic heterocycles. The number of carbonyl (C=O) groups excluding carboxylic acids is 2. The third-order valence-corrected chi connectivity index (χ3v) is 1.36. The number of hydrogen-bond acceptors (Lipinski definition) is 6. The summed E-state index contributed by atoms with van der Waals surface area (Å²) in [6, 6.07) is 0.940. The van der Waals surface area contributed by atoms with Crippen LogP contribution < -0.4 is 5.48 Å². The number of aromatic nitrogens is 1. The highest BCUT2D eigenvalue weighted by atomic mass is 16.7. The van der Waals surface area contributed by atoms with Gasteiger partial charge in [0.15, 0.2) is 11.4 Å². The molecule has 0 saturated heterocycles. The van der Waals surface area contributed by atoms with E-state index in [4.69, 9.17) is 5.11 Å². The first-order chi connectivity index (χ1) is 7.00. The van der Waals surface area contributed by atoms with Crippen molar-refractivity contribution in [3.05, 3.63) is 18.0 Å². The predicted molar refractivity (Wildman–Crippen MR) is 46.8 cm³/mol. The molecule has 0 aliphatic heterocycles. The van der Waals surface area contributed by atoms with Crippen molar-refractivity contribution < 1.29 is 24.6 Å². The van der Waals surface area contributed by atoms with Gasteiger partial charge in [-0.15, -0.1) is 0 Å². The Labute approximate surface area is 84.3 Å². The topological polar surface area (TPSA) is 109 Å². The molecular formula is C8H8N2O5. The first-order valence-electron chi connectivity index (χ1n) is 3.86. The lowest BCUT2D eigenvalue weighted by Gasteiger charge is -2.04. The maximum absolute atomic E-state index is 11.2. The van der Waals surface area contributed by atoms with Crippen molar-refractivity contribution in [2.45, 2.75) is 6.92 Å². The molecule has 1 aromatic rings.